The van der Waals surface area contributed by atoms with Gasteiger partial charge in [-0.05, 0) is 17.5 Å². The molecule has 0 saturated carbocycles. The number of nitrogens with one attached hydrogen (secondary N) is 2. The van der Waals surface area contributed by atoms with Crippen molar-refractivity contribution >= 4 is 23.9 Å². The van der Waals surface area contributed by atoms with E-state index in [1.54, 1.807) is 60.7 Å². The number of carbonyl (C=O) groups is 4. The molecule has 0 bridgehead atoms. The van der Waals surface area contributed by atoms with Gasteiger partial charge in [-0.2, -0.15) is 0 Å². The fourth-order valence-corrected chi connectivity index (χ4v) is 2.90. The summed E-state index contributed by atoms with van der Waals surface area (Å²) in [5, 5.41) is 32.3. The largest absolute Gasteiger partial charge is 0.481 e. The molecule has 0 spiro atoms. The molecule has 10 heteroatoms. The number of hydrogen-bond acceptors (Lipinski definition) is 6. The third kappa shape index (κ3) is 7.40. The summed E-state index contributed by atoms with van der Waals surface area (Å²) in [6, 6.07) is 13.8. The van der Waals surface area contributed by atoms with Crippen LogP contribution in [-0.2, 0) is 32.1 Å². The molecular formula is C22H24N2O8. The first-order valence-corrected chi connectivity index (χ1v) is 9.69. The highest BCUT2D eigenvalue weighted by Gasteiger charge is 2.37. The zero-order chi connectivity index (χ0) is 23.5. The third-order valence-electron chi connectivity index (χ3n) is 4.58. The minimum absolute atomic E-state index is 0.119. The van der Waals surface area contributed by atoms with Crippen molar-refractivity contribution in [3.63, 3.8) is 0 Å². The van der Waals surface area contributed by atoms with E-state index < -0.39 is 48.5 Å². The second-order valence-corrected chi connectivity index (χ2v) is 6.90. The van der Waals surface area contributed by atoms with Crippen molar-refractivity contribution in [3.05, 3.63) is 71.8 Å². The summed E-state index contributed by atoms with van der Waals surface area (Å²) in [6.07, 6.45) is -1.17. The molecule has 0 saturated heterocycles. The van der Waals surface area contributed by atoms with Gasteiger partial charge in [0.2, 0.25) is 5.91 Å². The normalized spacial score (nSPS) is 13.3. The maximum absolute atomic E-state index is 12.7. The van der Waals surface area contributed by atoms with Crippen LogP contribution in [0.5, 0.6) is 0 Å². The number of aliphatic carboxylic acids is 2. The van der Waals surface area contributed by atoms with E-state index >= 15 is 0 Å². The lowest BCUT2D eigenvalue weighted by atomic mass is 9.91. The van der Waals surface area contributed by atoms with E-state index in [2.05, 4.69) is 5.32 Å². The van der Waals surface area contributed by atoms with E-state index in [0.29, 0.717) is 11.1 Å². The Hall–Kier alpha value is -3.92. The number of ether oxygens (including phenoxy) is 1. The molecule has 10 nitrogen and oxygen atoms in total. The van der Waals surface area contributed by atoms with Gasteiger partial charge in [0.05, 0.1) is 12.5 Å². The molecule has 0 radical (unpaired) electrons. The summed E-state index contributed by atoms with van der Waals surface area (Å²) in [5.41, 5.74) is 1.27. The molecule has 2 aromatic rings. The van der Waals surface area contributed by atoms with Crippen molar-refractivity contribution in [2.24, 2.45) is 5.92 Å². The first kappa shape index (κ1) is 24.4. The molecule has 0 aliphatic carbocycles. The molecule has 0 fully saturated rings. The van der Waals surface area contributed by atoms with Crippen molar-refractivity contribution < 1.29 is 39.2 Å². The SMILES string of the molecule is O=C(N[C@H](C(=O)N[C@H](CO)C(=O)O)C(Cc1ccccc1)C(=O)O)OCc1ccccc1. The summed E-state index contributed by atoms with van der Waals surface area (Å²) in [7, 11) is 0. The smallest absolute Gasteiger partial charge is 0.408 e. The average molecular weight is 444 g/mol. The van der Waals surface area contributed by atoms with Crippen LogP contribution in [0, 0.1) is 5.92 Å². The molecule has 0 heterocycles. The van der Waals surface area contributed by atoms with Gasteiger partial charge in [-0.1, -0.05) is 60.7 Å². The second-order valence-electron chi connectivity index (χ2n) is 6.90. The number of carboxylic acids is 2. The van der Waals surface area contributed by atoms with Crippen molar-refractivity contribution in [3.8, 4) is 0 Å². The lowest BCUT2D eigenvalue weighted by Gasteiger charge is -2.25. The van der Waals surface area contributed by atoms with Gasteiger partial charge in [0.1, 0.15) is 18.7 Å². The Balaban J connectivity index is 2.21. The molecule has 0 aliphatic rings. The number of hydrogen-bond donors (Lipinski definition) is 5. The first-order valence-electron chi connectivity index (χ1n) is 9.69. The number of rotatable bonds is 11. The third-order valence-corrected chi connectivity index (χ3v) is 4.58. The van der Waals surface area contributed by atoms with Gasteiger partial charge in [-0.15, -0.1) is 0 Å². The molecule has 2 rings (SSSR count). The predicted molar refractivity (Wildman–Crippen MR) is 111 cm³/mol. The quantitative estimate of drug-likeness (QED) is 0.340. The van der Waals surface area contributed by atoms with Gasteiger partial charge < -0.3 is 30.7 Å². The standard InChI is InChI=1S/C22H24N2O8/c25-12-17(21(29)30)23-19(26)18(16(20(27)28)11-14-7-3-1-4-8-14)24-22(31)32-13-15-9-5-2-6-10-15/h1-10,16-18,25H,11-13H2,(H,23,26)(H,24,31)(H,27,28)(H,29,30)/t16?,17-,18+/m1/s1. The molecule has 0 aromatic heterocycles. The lowest BCUT2D eigenvalue weighted by Crippen LogP contribution is -2.57. The fraction of sp³-hybridized carbons (Fsp3) is 0.273. The molecule has 0 aliphatic heterocycles. The van der Waals surface area contributed by atoms with Gasteiger partial charge in [-0.25, -0.2) is 9.59 Å². The number of benzene rings is 2. The number of amides is 2. The van der Waals surface area contributed by atoms with Crippen LogP contribution in [0.3, 0.4) is 0 Å². The van der Waals surface area contributed by atoms with Crippen LogP contribution >= 0.6 is 0 Å². The topological polar surface area (TPSA) is 162 Å². The number of carboxylic acid groups (broad SMARTS) is 2. The zero-order valence-corrected chi connectivity index (χ0v) is 17.0. The summed E-state index contributed by atoms with van der Waals surface area (Å²) in [4.78, 5) is 48.2. The molecule has 2 aromatic carbocycles. The number of aliphatic hydroxyl groups is 1. The van der Waals surface area contributed by atoms with Crippen LogP contribution in [-0.4, -0.2) is 57.9 Å². The molecule has 170 valence electrons. The Labute approximate surface area is 183 Å². The average Bonchev–Trinajstić information content (AvgIpc) is 2.79. The van der Waals surface area contributed by atoms with Crippen LogP contribution in [0.2, 0.25) is 0 Å². The van der Waals surface area contributed by atoms with Gasteiger partial charge in [-0.3, -0.25) is 9.59 Å². The molecule has 5 N–H and O–H groups in total. The lowest BCUT2D eigenvalue weighted by molar-refractivity contribution is -0.146. The highest BCUT2D eigenvalue weighted by molar-refractivity contribution is 5.93. The van der Waals surface area contributed by atoms with E-state index in [9.17, 15) is 29.4 Å². The molecular weight excluding hydrogens is 420 g/mol. The van der Waals surface area contributed by atoms with Crippen LogP contribution in [0.4, 0.5) is 4.79 Å². The maximum atomic E-state index is 12.7. The van der Waals surface area contributed by atoms with Crippen LogP contribution in [0.25, 0.3) is 0 Å². The Morgan fingerprint density at radius 1 is 0.812 bits per heavy atom. The fourth-order valence-electron chi connectivity index (χ4n) is 2.90. The number of alkyl carbamates (subject to hydrolysis) is 1. The van der Waals surface area contributed by atoms with Crippen molar-refractivity contribution in [2.75, 3.05) is 6.61 Å². The molecule has 3 atom stereocenters. The van der Waals surface area contributed by atoms with E-state index in [4.69, 9.17) is 9.84 Å². The van der Waals surface area contributed by atoms with Crippen LogP contribution in [0.1, 0.15) is 11.1 Å². The Kier molecular flexibility index (Phi) is 9.18. The monoisotopic (exact) mass is 444 g/mol. The van der Waals surface area contributed by atoms with E-state index in [-0.39, 0.29) is 13.0 Å². The van der Waals surface area contributed by atoms with Gasteiger partial charge in [0, 0.05) is 0 Å². The van der Waals surface area contributed by atoms with Gasteiger partial charge in [0.15, 0.2) is 0 Å². The molecule has 2 amide bonds. The molecule has 1 unspecified atom stereocenters. The summed E-state index contributed by atoms with van der Waals surface area (Å²) < 4.78 is 5.08. The van der Waals surface area contributed by atoms with E-state index in [1.807, 2.05) is 5.32 Å². The Bertz CT molecular complexity index is 920. The summed E-state index contributed by atoms with van der Waals surface area (Å²) >= 11 is 0. The van der Waals surface area contributed by atoms with E-state index in [1.165, 1.54) is 0 Å². The highest BCUT2D eigenvalue weighted by Crippen LogP contribution is 2.15. The minimum atomic E-state index is -1.67. The van der Waals surface area contributed by atoms with Gasteiger partial charge >= 0.3 is 18.0 Å². The molecule has 32 heavy (non-hydrogen) atoms. The maximum Gasteiger partial charge on any atom is 0.408 e. The highest BCUT2D eigenvalue weighted by atomic mass is 16.5. The summed E-state index contributed by atoms with van der Waals surface area (Å²) in [6.45, 7) is -1.03. The van der Waals surface area contributed by atoms with Crippen molar-refractivity contribution in [1.29, 1.82) is 0 Å². The Morgan fingerprint density at radius 2 is 1.38 bits per heavy atom. The van der Waals surface area contributed by atoms with E-state index in [0.717, 1.165) is 0 Å². The first-order chi connectivity index (χ1) is 15.3. The number of aliphatic hydroxyl groups excluding tert-OH is 1. The second kappa shape index (κ2) is 12.1. The Morgan fingerprint density at radius 3 is 1.88 bits per heavy atom. The zero-order valence-electron chi connectivity index (χ0n) is 17.0. The minimum Gasteiger partial charge on any atom is -0.481 e. The van der Waals surface area contributed by atoms with Gasteiger partial charge in [0.25, 0.3) is 0 Å². The summed E-state index contributed by atoms with van der Waals surface area (Å²) in [5.74, 6) is -5.41. The van der Waals surface area contributed by atoms with Crippen molar-refractivity contribution in [2.45, 2.75) is 25.1 Å². The van der Waals surface area contributed by atoms with Crippen LogP contribution < -0.4 is 10.6 Å². The number of carbonyl (C=O) groups excluding carboxylic acids is 2. The van der Waals surface area contributed by atoms with Crippen LogP contribution in [0.15, 0.2) is 60.7 Å². The van der Waals surface area contributed by atoms with Crippen molar-refractivity contribution in [1.82, 2.24) is 10.6 Å². The predicted octanol–water partition coefficient (Wildman–Crippen LogP) is 0.787.